The van der Waals surface area contributed by atoms with Gasteiger partial charge in [0, 0.05) is 12.1 Å². The highest BCUT2D eigenvalue weighted by Crippen LogP contribution is 2.24. The molecular weight excluding hydrogens is 216 g/mol. The van der Waals surface area contributed by atoms with Crippen molar-refractivity contribution >= 4 is 0 Å². The molecule has 0 fully saturated rings. The zero-order chi connectivity index (χ0) is 12.3. The van der Waals surface area contributed by atoms with Crippen LogP contribution in [0.4, 0.5) is 0 Å². The molecule has 17 heavy (non-hydrogen) atoms. The number of methoxy groups -OCH3 is 1. The highest BCUT2D eigenvalue weighted by molar-refractivity contribution is 5.60. The number of ether oxygens (including phenoxy) is 1. The molecule has 2 aromatic rings. The van der Waals surface area contributed by atoms with Crippen molar-refractivity contribution < 1.29 is 4.74 Å². The normalized spacial score (nSPS) is 10.5. The van der Waals surface area contributed by atoms with E-state index in [-0.39, 0.29) is 0 Å². The van der Waals surface area contributed by atoms with Crippen LogP contribution in [0.1, 0.15) is 5.56 Å². The standard InChI is InChI=1S/C12H16N4O/c1-9-7-10(3-4-12(9)17-2)11-8-16(6-5-13)15-14-11/h3-4,7-8H,5-6,13H2,1-2H3. The molecule has 0 unspecified atom stereocenters. The number of hydrogen-bond donors (Lipinski definition) is 1. The quantitative estimate of drug-likeness (QED) is 0.860. The first-order valence-corrected chi connectivity index (χ1v) is 5.50. The smallest absolute Gasteiger partial charge is 0.121 e. The van der Waals surface area contributed by atoms with E-state index in [1.54, 1.807) is 11.8 Å². The SMILES string of the molecule is COc1ccc(-c2cn(CCN)nn2)cc1C. The maximum absolute atomic E-state index is 5.47. The second-order valence-electron chi connectivity index (χ2n) is 3.84. The van der Waals surface area contributed by atoms with E-state index in [0.717, 1.165) is 22.6 Å². The summed E-state index contributed by atoms with van der Waals surface area (Å²) in [6.07, 6.45) is 1.90. The van der Waals surface area contributed by atoms with Crippen LogP contribution in [0, 0.1) is 6.92 Å². The number of nitrogens with zero attached hydrogens (tertiary/aromatic N) is 3. The molecule has 90 valence electrons. The molecule has 0 saturated heterocycles. The lowest BCUT2D eigenvalue weighted by Gasteiger charge is -2.05. The summed E-state index contributed by atoms with van der Waals surface area (Å²) in [5.74, 6) is 0.878. The average molecular weight is 232 g/mol. The Hall–Kier alpha value is -1.88. The summed E-state index contributed by atoms with van der Waals surface area (Å²) in [6, 6.07) is 5.95. The number of nitrogens with two attached hydrogens (primary N) is 1. The highest BCUT2D eigenvalue weighted by atomic mass is 16.5. The fourth-order valence-corrected chi connectivity index (χ4v) is 1.71. The maximum Gasteiger partial charge on any atom is 0.121 e. The average Bonchev–Trinajstić information content (AvgIpc) is 2.78. The molecule has 0 aliphatic carbocycles. The van der Waals surface area contributed by atoms with E-state index in [1.165, 1.54) is 0 Å². The van der Waals surface area contributed by atoms with Crippen LogP contribution in [0.5, 0.6) is 5.75 Å². The molecule has 2 rings (SSSR count). The monoisotopic (exact) mass is 232 g/mol. The zero-order valence-corrected chi connectivity index (χ0v) is 10.1. The topological polar surface area (TPSA) is 66.0 Å². The molecule has 2 N–H and O–H groups in total. The molecule has 1 aromatic heterocycles. The fourth-order valence-electron chi connectivity index (χ4n) is 1.71. The van der Waals surface area contributed by atoms with Crippen LogP contribution >= 0.6 is 0 Å². The van der Waals surface area contributed by atoms with Crippen molar-refractivity contribution in [2.45, 2.75) is 13.5 Å². The Bertz CT molecular complexity index is 507. The summed E-state index contributed by atoms with van der Waals surface area (Å²) < 4.78 is 6.97. The summed E-state index contributed by atoms with van der Waals surface area (Å²) in [6.45, 7) is 3.25. The number of rotatable bonds is 4. The lowest BCUT2D eigenvalue weighted by molar-refractivity contribution is 0.412. The summed E-state index contributed by atoms with van der Waals surface area (Å²) in [7, 11) is 1.67. The Morgan fingerprint density at radius 2 is 2.24 bits per heavy atom. The molecule has 0 aliphatic heterocycles. The van der Waals surface area contributed by atoms with Crippen LogP contribution in [0.15, 0.2) is 24.4 Å². The van der Waals surface area contributed by atoms with Crippen LogP contribution in [-0.2, 0) is 6.54 Å². The number of hydrogen-bond acceptors (Lipinski definition) is 4. The minimum Gasteiger partial charge on any atom is -0.496 e. The third-order valence-electron chi connectivity index (χ3n) is 2.59. The molecule has 0 saturated carbocycles. The molecule has 0 bridgehead atoms. The van der Waals surface area contributed by atoms with Crippen LogP contribution in [0.25, 0.3) is 11.3 Å². The predicted molar refractivity (Wildman–Crippen MR) is 65.8 cm³/mol. The van der Waals surface area contributed by atoms with Crippen LogP contribution in [0.2, 0.25) is 0 Å². The fraction of sp³-hybridized carbons (Fsp3) is 0.333. The number of aromatic nitrogens is 3. The first-order valence-electron chi connectivity index (χ1n) is 5.50. The molecule has 5 heteroatoms. The van der Waals surface area contributed by atoms with Crippen molar-refractivity contribution in [1.29, 1.82) is 0 Å². The van der Waals surface area contributed by atoms with Gasteiger partial charge in [-0.25, -0.2) is 0 Å². The summed E-state index contributed by atoms with van der Waals surface area (Å²) in [5, 5.41) is 8.13. The van der Waals surface area contributed by atoms with Gasteiger partial charge < -0.3 is 10.5 Å². The van der Waals surface area contributed by atoms with Gasteiger partial charge in [-0.2, -0.15) is 0 Å². The van der Waals surface area contributed by atoms with Crippen molar-refractivity contribution in [2.24, 2.45) is 5.73 Å². The molecule has 0 spiro atoms. The largest absolute Gasteiger partial charge is 0.496 e. The van der Waals surface area contributed by atoms with Gasteiger partial charge in [0.1, 0.15) is 11.4 Å². The van der Waals surface area contributed by atoms with Crippen LogP contribution < -0.4 is 10.5 Å². The second-order valence-corrected chi connectivity index (χ2v) is 3.84. The maximum atomic E-state index is 5.47. The van der Waals surface area contributed by atoms with E-state index in [1.807, 2.05) is 31.3 Å². The Kier molecular flexibility index (Phi) is 3.39. The molecule has 0 amide bonds. The molecule has 0 aliphatic rings. The molecule has 1 heterocycles. The van der Waals surface area contributed by atoms with E-state index < -0.39 is 0 Å². The van der Waals surface area contributed by atoms with E-state index in [9.17, 15) is 0 Å². The van der Waals surface area contributed by atoms with Gasteiger partial charge >= 0.3 is 0 Å². The van der Waals surface area contributed by atoms with Gasteiger partial charge in [-0.05, 0) is 30.7 Å². The van der Waals surface area contributed by atoms with Crippen molar-refractivity contribution in [3.8, 4) is 17.0 Å². The van der Waals surface area contributed by atoms with Gasteiger partial charge in [-0.3, -0.25) is 4.68 Å². The summed E-state index contributed by atoms with van der Waals surface area (Å²) in [4.78, 5) is 0. The van der Waals surface area contributed by atoms with Crippen LogP contribution in [-0.4, -0.2) is 28.6 Å². The van der Waals surface area contributed by atoms with Gasteiger partial charge in [0.05, 0.1) is 19.9 Å². The van der Waals surface area contributed by atoms with Gasteiger partial charge in [-0.1, -0.05) is 5.21 Å². The zero-order valence-electron chi connectivity index (χ0n) is 10.1. The molecular formula is C12H16N4O. The van der Waals surface area contributed by atoms with Gasteiger partial charge in [0.25, 0.3) is 0 Å². The van der Waals surface area contributed by atoms with E-state index >= 15 is 0 Å². The highest BCUT2D eigenvalue weighted by Gasteiger charge is 2.06. The van der Waals surface area contributed by atoms with Gasteiger partial charge in [-0.15, -0.1) is 5.10 Å². The predicted octanol–water partition coefficient (Wildman–Crippen LogP) is 1.22. The van der Waals surface area contributed by atoms with Crippen molar-refractivity contribution in [1.82, 2.24) is 15.0 Å². The Balaban J connectivity index is 2.29. The van der Waals surface area contributed by atoms with Crippen molar-refractivity contribution in [2.75, 3.05) is 13.7 Å². The Morgan fingerprint density at radius 1 is 1.41 bits per heavy atom. The minimum atomic E-state index is 0.560. The third kappa shape index (κ3) is 2.45. The van der Waals surface area contributed by atoms with Crippen molar-refractivity contribution in [3.63, 3.8) is 0 Å². The lowest BCUT2D eigenvalue weighted by Crippen LogP contribution is -2.10. The molecule has 1 aromatic carbocycles. The minimum absolute atomic E-state index is 0.560. The number of benzene rings is 1. The van der Waals surface area contributed by atoms with Gasteiger partial charge in [0.15, 0.2) is 0 Å². The summed E-state index contributed by atoms with van der Waals surface area (Å²) in [5.41, 5.74) is 8.43. The first-order chi connectivity index (χ1) is 8.24. The molecule has 0 radical (unpaired) electrons. The van der Waals surface area contributed by atoms with Crippen molar-refractivity contribution in [3.05, 3.63) is 30.0 Å². The Labute approximate surface area is 100 Å². The van der Waals surface area contributed by atoms with E-state index in [0.29, 0.717) is 13.1 Å². The second kappa shape index (κ2) is 4.97. The third-order valence-corrected chi connectivity index (χ3v) is 2.59. The van der Waals surface area contributed by atoms with E-state index in [4.69, 9.17) is 10.5 Å². The Morgan fingerprint density at radius 3 is 2.88 bits per heavy atom. The van der Waals surface area contributed by atoms with Crippen LogP contribution in [0.3, 0.4) is 0 Å². The first kappa shape index (κ1) is 11.6. The molecule has 0 atom stereocenters. The number of aryl methyl sites for hydroxylation is 1. The van der Waals surface area contributed by atoms with E-state index in [2.05, 4.69) is 10.3 Å². The van der Waals surface area contributed by atoms with Gasteiger partial charge in [0.2, 0.25) is 0 Å². The molecule has 5 nitrogen and oxygen atoms in total. The lowest BCUT2D eigenvalue weighted by atomic mass is 10.1. The summed E-state index contributed by atoms with van der Waals surface area (Å²) >= 11 is 0.